The number of pyridine rings is 3. The van der Waals surface area contributed by atoms with E-state index in [1.54, 1.807) is 12.4 Å². The van der Waals surface area contributed by atoms with Crippen molar-refractivity contribution in [3.05, 3.63) is 199 Å². The van der Waals surface area contributed by atoms with Crippen LogP contribution in [0.25, 0.3) is 100 Å². The topological polar surface area (TPSA) is 258 Å². The van der Waals surface area contributed by atoms with E-state index >= 15 is 0 Å². The summed E-state index contributed by atoms with van der Waals surface area (Å²) in [5.74, 6) is 3.02. The summed E-state index contributed by atoms with van der Waals surface area (Å²) >= 11 is 0. The molecule has 0 aliphatic carbocycles. The van der Waals surface area contributed by atoms with Crippen LogP contribution in [0, 0.1) is 34.0 Å². The second kappa shape index (κ2) is 34.3. The molecule has 110 heavy (non-hydrogen) atoms. The number of H-pyrrole nitrogens is 3. The lowest BCUT2D eigenvalue weighted by atomic mass is 10.0. The fourth-order valence-corrected chi connectivity index (χ4v) is 15.5. The van der Waals surface area contributed by atoms with E-state index in [9.17, 15) is 20.9 Å². The second-order valence-electron chi connectivity index (χ2n) is 28.9. The van der Waals surface area contributed by atoms with Gasteiger partial charge in [-0.25, -0.2) is 0 Å². The Morgan fingerprint density at radius 2 is 0.809 bits per heavy atom. The average molecular weight is 1470 g/mol. The number of nitriles is 3. The predicted molar refractivity (Wildman–Crippen MR) is 430 cm³/mol. The van der Waals surface area contributed by atoms with Crippen LogP contribution in [0.5, 0.6) is 23.0 Å². The third-order valence-electron chi connectivity index (χ3n) is 21.6. The molecule has 0 atom stereocenters. The van der Waals surface area contributed by atoms with Crippen LogP contribution in [0.2, 0.25) is 0 Å². The van der Waals surface area contributed by atoms with Gasteiger partial charge in [-0.05, 0) is 214 Å². The van der Waals surface area contributed by atoms with E-state index in [4.69, 9.17) is 28.4 Å². The van der Waals surface area contributed by atoms with Gasteiger partial charge in [-0.15, -0.1) is 0 Å². The monoisotopic (exact) mass is 1470 g/mol. The molecule has 6 aliphatic heterocycles. The standard InChI is InChI=1S/C31H32N4O3.2C29H29N5O2/c32-21-24-19-23(5-8-30(24)38-26-10-16-36-17-11-26)31-27-20-29(34-28(27)9-12-33-31)22-3-6-25(7-4-22)37-18-15-35-13-1-2-14-35;30-19-22-17-21(3-6-28(22)36-24-8-15-35-16-9-24)29-25-18-27(33-26(25)7-10-32-29)20-1-4-23(5-2-20)34-13-11-31-12-14-34;30-17-22-15-21(5-8-28(22)34-18-23(35)19-34)29-25-16-27(32-26(25)9-10-31-29)20-3-6-24(7-4-20)36-14-13-33-11-1-2-12-33/h3-9,12,19-20,26,34H,1-2,10-11,13-18H2;1-7,10,17-18,24,31,33H,8-9,11-16H2;3-10,15-16,23,32,35H,1-2,11-14,18-19H2. The van der Waals surface area contributed by atoms with Crippen molar-refractivity contribution in [2.45, 2.75) is 69.7 Å². The molecule has 6 fully saturated rings. The maximum absolute atomic E-state index is 9.82. The van der Waals surface area contributed by atoms with Crippen LogP contribution >= 0.6 is 0 Å². The molecular weight excluding hydrogens is 1380 g/mol. The number of aromatic amines is 3. The summed E-state index contributed by atoms with van der Waals surface area (Å²) in [7, 11) is 0. The van der Waals surface area contributed by atoms with E-state index < -0.39 is 0 Å². The van der Waals surface area contributed by atoms with E-state index in [1.165, 1.54) is 57.5 Å². The number of aliphatic hydroxyl groups is 1. The highest BCUT2D eigenvalue weighted by molar-refractivity contribution is 5.99. The number of nitrogens with zero attached hydrogens (tertiary/aromatic N) is 10. The third-order valence-corrected chi connectivity index (χ3v) is 21.6. The van der Waals surface area contributed by atoms with Crippen LogP contribution in [-0.2, 0) is 9.47 Å². The molecule has 12 aromatic rings. The van der Waals surface area contributed by atoms with Gasteiger partial charge in [-0.1, -0.05) is 18.2 Å². The second-order valence-corrected chi connectivity index (χ2v) is 28.9. The summed E-state index contributed by atoms with van der Waals surface area (Å²) in [6, 6.07) is 61.8. The van der Waals surface area contributed by atoms with Gasteiger partial charge in [0.25, 0.3) is 0 Å². The number of β-amino-alcohol motifs (C(OH)–C–C–N with tert-alkyl or cyclic N) is 1. The molecule has 6 aromatic carbocycles. The van der Waals surface area contributed by atoms with E-state index in [0.29, 0.717) is 80.9 Å². The Balaban J connectivity index is 0.000000125. The van der Waals surface area contributed by atoms with Crippen LogP contribution in [0.3, 0.4) is 0 Å². The van der Waals surface area contributed by atoms with E-state index in [-0.39, 0.29) is 18.3 Å². The van der Waals surface area contributed by atoms with E-state index in [1.807, 2.05) is 108 Å². The number of ether oxygens (including phenoxy) is 6. The number of benzene rings is 6. The molecule has 21 heteroatoms. The largest absolute Gasteiger partial charge is 0.492 e. The van der Waals surface area contributed by atoms with Crippen molar-refractivity contribution >= 4 is 44.1 Å². The van der Waals surface area contributed by atoms with Crippen LogP contribution in [0.1, 0.15) is 68.1 Å². The fourth-order valence-electron chi connectivity index (χ4n) is 15.5. The first-order valence-corrected chi connectivity index (χ1v) is 38.7. The zero-order valence-electron chi connectivity index (χ0n) is 61.8. The molecule has 0 bridgehead atoms. The molecule has 6 saturated heterocycles. The molecule has 0 amide bonds. The van der Waals surface area contributed by atoms with Crippen molar-refractivity contribution in [1.82, 2.24) is 45.0 Å². The molecule has 0 radical (unpaired) electrons. The molecule has 18 rings (SSSR count). The lowest BCUT2D eigenvalue weighted by molar-refractivity contribution is 0.0252. The van der Waals surface area contributed by atoms with Crippen LogP contribution < -0.4 is 34.1 Å². The number of nitrogens with one attached hydrogen (secondary N) is 4. The first kappa shape index (κ1) is 72.6. The summed E-state index contributed by atoms with van der Waals surface area (Å²) in [6.07, 6.45) is 13.8. The first-order valence-electron chi connectivity index (χ1n) is 38.7. The van der Waals surface area contributed by atoms with Crippen molar-refractivity contribution in [1.29, 1.82) is 15.8 Å². The van der Waals surface area contributed by atoms with Crippen molar-refractivity contribution in [2.75, 3.05) is 128 Å². The Labute approximate surface area is 640 Å². The van der Waals surface area contributed by atoms with Gasteiger partial charge in [0.2, 0.25) is 0 Å². The van der Waals surface area contributed by atoms with Gasteiger partial charge in [0.15, 0.2) is 0 Å². The van der Waals surface area contributed by atoms with Gasteiger partial charge in [0.05, 0.1) is 72.0 Å². The Bertz CT molecular complexity index is 5270. The molecule has 0 saturated carbocycles. The maximum Gasteiger partial charge on any atom is 0.137 e. The normalized spacial score (nSPS) is 16.5. The predicted octanol–water partition coefficient (Wildman–Crippen LogP) is 15.0. The molecule has 0 unspecified atom stereocenters. The van der Waals surface area contributed by atoms with Crippen molar-refractivity contribution in [2.24, 2.45) is 0 Å². The lowest BCUT2D eigenvalue weighted by Gasteiger charge is -2.38. The number of fused-ring (bicyclic) bond motifs is 3. The summed E-state index contributed by atoms with van der Waals surface area (Å²) in [5, 5.41) is 45.5. The maximum atomic E-state index is 9.82. The summed E-state index contributed by atoms with van der Waals surface area (Å²) < 4.78 is 35.0. The van der Waals surface area contributed by atoms with Crippen molar-refractivity contribution in [3.63, 3.8) is 0 Å². The minimum Gasteiger partial charge on any atom is -0.492 e. The molecule has 6 aliphatic rings. The third kappa shape index (κ3) is 17.0. The SMILES string of the molecule is N#Cc1cc(-c2nccc3[nH]c(-c4ccc(N5CCNCC5)cc4)cc23)ccc1OC1CCOCC1.N#Cc1cc(-c2nccc3[nH]c(-c4ccc(OCCN5CCCC5)cc4)cc23)ccc1N1CC(O)C1.N#Cc1cc(-c2nccc3[nH]c(-c4ccc(OCCN5CCCC5)cc4)cc23)ccc1OC1CCOCC1. The average Bonchev–Trinajstić information content (AvgIpc) is 1.74. The number of aliphatic hydroxyl groups excluding tert-OH is 1. The molecule has 21 nitrogen and oxygen atoms in total. The fraction of sp³-hybridized carbons (Fsp3) is 0.326. The zero-order valence-corrected chi connectivity index (χ0v) is 61.8. The molecular formula is C89H90N14O7. The lowest BCUT2D eigenvalue weighted by Crippen LogP contribution is -2.51. The number of rotatable bonds is 20. The summed E-state index contributed by atoms with van der Waals surface area (Å²) in [6.45, 7) is 16.1. The number of anilines is 2. The van der Waals surface area contributed by atoms with Crippen LogP contribution in [-0.4, -0.2) is 181 Å². The molecule has 0 spiro atoms. The van der Waals surface area contributed by atoms with Gasteiger partial charge in [0, 0.05) is 169 Å². The van der Waals surface area contributed by atoms with E-state index in [2.05, 4.69) is 135 Å². The van der Waals surface area contributed by atoms with Gasteiger partial charge in [0.1, 0.15) is 66.6 Å². The van der Waals surface area contributed by atoms with Crippen molar-refractivity contribution in [3.8, 4) is 109 Å². The minimum absolute atomic E-state index is 0.0809. The number of piperazine rings is 1. The summed E-state index contributed by atoms with van der Waals surface area (Å²) in [5.41, 5.74) is 18.3. The number of hydrogen-bond donors (Lipinski definition) is 5. The zero-order chi connectivity index (χ0) is 74.5. The Hall–Kier alpha value is -11.6. The summed E-state index contributed by atoms with van der Waals surface area (Å²) in [4.78, 5) is 33.9. The molecule has 5 N–H and O–H groups in total. The quantitative estimate of drug-likeness (QED) is 0.0475. The van der Waals surface area contributed by atoms with Crippen LogP contribution in [0.15, 0.2) is 182 Å². The highest BCUT2D eigenvalue weighted by Gasteiger charge is 2.28. The Morgan fingerprint density at radius 3 is 1.21 bits per heavy atom. The molecule has 6 aromatic heterocycles. The number of likely N-dealkylation sites (tertiary alicyclic amines) is 2. The highest BCUT2D eigenvalue weighted by atomic mass is 16.5. The Kier molecular flexibility index (Phi) is 22.7. The highest BCUT2D eigenvalue weighted by Crippen LogP contribution is 2.39. The smallest absolute Gasteiger partial charge is 0.137 e. The molecule has 12 heterocycles. The first-order chi connectivity index (χ1) is 54.2. The van der Waals surface area contributed by atoms with Gasteiger partial charge < -0.3 is 63.6 Å². The Morgan fingerprint density at radius 1 is 0.427 bits per heavy atom. The molecule has 558 valence electrons. The van der Waals surface area contributed by atoms with Crippen molar-refractivity contribution < 1.29 is 33.5 Å². The van der Waals surface area contributed by atoms with Gasteiger partial charge in [-0.2, -0.15) is 15.8 Å². The van der Waals surface area contributed by atoms with Gasteiger partial charge in [-0.3, -0.25) is 24.8 Å². The van der Waals surface area contributed by atoms with E-state index in [0.717, 1.165) is 182 Å². The number of hydrogen-bond acceptors (Lipinski definition) is 18. The minimum atomic E-state index is -0.319. The van der Waals surface area contributed by atoms with Crippen LogP contribution in [0.4, 0.5) is 11.4 Å². The number of aromatic nitrogens is 6. The van der Waals surface area contributed by atoms with Gasteiger partial charge >= 0.3 is 0 Å².